The maximum absolute atomic E-state index is 11.3. The first-order valence-corrected chi connectivity index (χ1v) is 9.08. The molecular weight excluding hydrogens is 211 g/mol. The highest BCUT2D eigenvalue weighted by Crippen LogP contribution is 2.65. The van der Waals surface area contributed by atoms with Gasteiger partial charge in [-0.15, -0.1) is 0 Å². The predicted molar refractivity (Wildman–Crippen MR) is 59.9 cm³/mol. The molecule has 0 aromatic carbocycles. The number of hydrogen-bond acceptors (Lipinski definition) is 3. The lowest BCUT2D eigenvalue weighted by molar-refractivity contribution is 0.514. The third-order valence-electron chi connectivity index (χ3n) is 1.29. The molecule has 0 rings (SSSR count). The van der Waals surface area contributed by atoms with Gasteiger partial charge in [-0.05, 0) is 6.42 Å². The molecule has 0 aliphatic rings. The largest absolute Gasteiger partial charge is 0.329 e. The Kier molecular flexibility index (Phi) is 7.85. The van der Waals surface area contributed by atoms with Gasteiger partial charge in [0.2, 0.25) is 0 Å². The fraction of sp³-hybridized carbons (Fsp3) is 1.00. The van der Waals surface area contributed by atoms with Gasteiger partial charge in [0.25, 0.3) is 0 Å². The van der Waals surface area contributed by atoms with Crippen molar-refractivity contribution in [1.82, 2.24) is 0 Å². The average Bonchev–Trinajstić information content (AvgIpc) is 1.98. The van der Waals surface area contributed by atoms with Gasteiger partial charge < -0.3 is 4.89 Å². The van der Waals surface area contributed by atoms with E-state index in [-0.39, 0.29) is 0 Å². The molecule has 0 amide bonds. The summed E-state index contributed by atoms with van der Waals surface area (Å²) in [6, 6.07) is 0. The van der Waals surface area contributed by atoms with Crippen LogP contribution >= 0.6 is 28.5 Å². The van der Waals surface area contributed by atoms with Gasteiger partial charge in [0.05, 0.1) is 0 Å². The highest BCUT2D eigenvalue weighted by molar-refractivity contribution is 8.88. The highest BCUT2D eigenvalue weighted by atomic mass is 33.1. The quantitative estimate of drug-likeness (QED) is 0.531. The molecule has 0 aliphatic heterocycles. The minimum atomic E-state index is -2.90. The van der Waals surface area contributed by atoms with Crippen LogP contribution in [0.5, 0.6) is 0 Å². The molecule has 2 nitrogen and oxygen atoms in total. The molecule has 0 spiro atoms. The molecule has 1 unspecified atom stereocenters. The third kappa shape index (κ3) is 7.53. The Morgan fingerprint density at radius 2 is 1.92 bits per heavy atom. The van der Waals surface area contributed by atoms with E-state index in [4.69, 9.17) is 0 Å². The van der Waals surface area contributed by atoms with Gasteiger partial charge in [0, 0.05) is 11.5 Å². The average molecular weight is 228 g/mol. The van der Waals surface area contributed by atoms with Crippen LogP contribution in [0.4, 0.5) is 0 Å². The Morgan fingerprint density at radius 3 is 2.42 bits per heavy atom. The smallest absolute Gasteiger partial charge is 0.310 e. The Hall–Kier alpha value is 0.890. The van der Waals surface area contributed by atoms with Crippen molar-refractivity contribution < 1.29 is 9.46 Å². The van der Waals surface area contributed by atoms with E-state index < -0.39 is 5.77 Å². The predicted octanol–water partition coefficient (Wildman–Crippen LogP) is 3.76. The van der Waals surface area contributed by atoms with Crippen molar-refractivity contribution in [3.8, 4) is 0 Å². The SMILES string of the molecule is CCCCCSP(=O)(O)SCC. The summed E-state index contributed by atoms with van der Waals surface area (Å²) in [7, 11) is 0. The first kappa shape index (κ1) is 12.9. The maximum atomic E-state index is 11.3. The van der Waals surface area contributed by atoms with E-state index in [2.05, 4.69) is 6.92 Å². The zero-order valence-corrected chi connectivity index (χ0v) is 10.2. The summed E-state index contributed by atoms with van der Waals surface area (Å²) in [5.74, 6) is -1.37. The van der Waals surface area contributed by atoms with Gasteiger partial charge in [0.15, 0.2) is 0 Å². The lowest BCUT2D eigenvalue weighted by Gasteiger charge is -2.07. The molecule has 74 valence electrons. The number of hydrogen-bond donors (Lipinski definition) is 1. The minimum Gasteiger partial charge on any atom is -0.329 e. The van der Waals surface area contributed by atoms with Crippen molar-refractivity contribution in [2.75, 3.05) is 11.5 Å². The standard InChI is InChI=1S/C7H17O2PS2/c1-3-5-6-7-12-10(8,9)11-4-2/h3-7H2,1-2H3,(H,8,9). The second-order valence-corrected chi connectivity index (χ2v) is 10.1. The van der Waals surface area contributed by atoms with Crippen molar-refractivity contribution in [2.45, 2.75) is 33.1 Å². The molecule has 0 saturated carbocycles. The van der Waals surface area contributed by atoms with Crippen LogP contribution in [0.3, 0.4) is 0 Å². The van der Waals surface area contributed by atoms with E-state index in [1.807, 2.05) is 6.92 Å². The van der Waals surface area contributed by atoms with Gasteiger partial charge in [-0.2, -0.15) is 0 Å². The zero-order valence-electron chi connectivity index (χ0n) is 7.65. The Balaban J connectivity index is 3.41. The summed E-state index contributed by atoms with van der Waals surface area (Å²) in [5.41, 5.74) is 0. The molecule has 0 aromatic rings. The van der Waals surface area contributed by atoms with E-state index in [1.165, 1.54) is 22.8 Å². The van der Waals surface area contributed by atoms with E-state index in [0.717, 1.165) is 25.0 Å². The molecule has 1 atom stereocenters. The zero-order chi connectivity index (χ0) is 9.45. The molecule has 1 N–H and O–H groups in total. The van der Waals surface area contributed by atoms with Crippen LogP contribution in [0, 0.1) is 0 Å². The monoisotopic (exact) mass is 228 g/mol. The van der Waals surface area contributed by atoms with Crippen LogP contribution in [0.2, 0.25) is 0 Å². The van der Waals surface area contributed by atoms with Gasteiger partial charge in [0.1, 0.15) is 0 Å². The second-order valence-electron chi connectivity index (χ2n) is 2.43. The summed E-state index contributed by atoms with van der Waals surface area (Å²) >= 11 is 2.38. The van der Waals surface area contributed by atoms with Gasteiger partial charge in [-0.1, -0.05) is 49.5 Å². The molecule has 5 heteroatoms. The van der Waals surface area contributed by atoms with Crippen LogP contribution in [0.25, 0.3) is 0 Å². The molecule has 0 aliphatic carbocycles. The molecule has 0 heterocycles. The third-order valence-corrected chi connectivity index (χ3v) is 7.85. The summed E-state index contributed by atoms with van der Waals surface area (Å²) in [5, 5.41) is 0. The van der Waals surface area contributed by atoms with Crippen molar-refractivity contribution in [3.05, 3.63) is 0 Å². The van der Waals surface area contributed by atoms with Crippen LogP contribution in [-0.4, -0.2) is 16.4 Å². The summed E-state index contributed by atoms with van der Waals surface area (Å²) in [6.45, 7) is 4.03. The highest BCUT2D eigenvalue weighted by Gasteiger charge is 2.17. The van der Waals surface area contributed by atoms with Crippen LogP contribution in [-0.2, 0) is 4.57 Å². The number of rotatable bonds is 7. The molecule has 0 bridgehead atoms. The Morgan fingerprint density at radius 1 is 1.25 bits per heavy atom. The van der Waals surface area contributed by atoms with E-state index in [9.17, 15) is 9.46 Å². The Bertz CT molecular complexity index is 152. The van der Waals surface area contributed by atoms with Crippen LogP contribution in [0.1, 0.15) is 33.1 Å². The van der Waals surface area contributed by atoms with Crippen molar-refractivity contribution in [2.24, 2.45) is 0 Å². The second kappa shape index (κ2) is 7.31. The maximum Gasteiger partial charge on any atom is 0.310 e. The lowest BCUT2D eigenvalue weighted by Crippen LogP contribution is -1.79. The van der Waals surface area contributed by atoms with Gasteiger partial charge in [-0.3, -0.25) is 4.57 Å². The van der Waals surface area contributed by atoms with Crippen molar-refractivity contribution >= 4 is 28.5 Å². The number of unbranched alkanes of at least 4 members (excludes halogenated alkanes) is 2. The molecule has 12 heavy (non-hydrogen) atoms. The van der Waals surface area contributed by atoms with Gasteiger partial charge >= 0.3 is 5.77 Å². The first-order valence-electron chi connectivity index (χ1n) is 4.24. The van der Waals surface area contributed by atoms with Gasteiger partial charge in [-0.25, -0.2) is 0 Å². The van der Waals surface area contributed by atoms with Crippen LogP contribution in [0.15, 0.2) is 0 Å². The fourth-order valence-corrected chi connectivity index (χ4v) is 6.27. The molecule has 0 aromatic heterocycles. The summed E-state index contributed by atoms with van der Waals surface area (Å²) in [6.07, 6.45) is 3.37. The minimum absolute atomic E-state index is 0.717. The van der Waals surface area contributed by atoms with E-state index >= 15 is 0 Å². The van der Waals surface area contributed by atoms with Crippen LogP contribution < -0.4 is 0 Å². The molecule has 0 fully saturated rings. The first-order chi connectivity index (χ1) is 5.62. The topological polar surface area (TPSA) is 37.3 Å². The van der Waals surface area contributed by atoms with E-state index in [0.29, 0.717) is 5.75 Å². The normalized spacial score (nSPS) is 15.9. The fourth-order valence-electron chi connectivity index (χ4n) is 0.732. The van der Waals surface area contributed by atoms with E-state index in [1.54, 1.807) is 0 Å². The molecule has 0 radical (unpaired) electrons. The lowest BCUT2D eigenvalue weighted by atomic mass is 10.3. The Labute approximate surface area is 82.8 Å². The van der Waals surface area contributed by atoms with Crippen molar-refractivity contribution in [1.29, 1.82) is 0 Å². The molecular formula is C7H17O2PS2. The summed E-state index contributed by atoms with van der Waals surface area (Å²) in [4.78, 5) is 9.30. The summed E-state index contributed by atoms with van der Waals surface area (Å²) < 4.78 is 11.3. The molecule has 0 saturated heterocycles. The van der Waals surface area contributed by atoms with Crippen molar-refractivity contribution in [3.63, 3.8) is 0 Å².